The zero-order valence-corrected chi connectivity index (χ0v) is 10.5. The smallest absolute Gasteiger partial charge is 0.223 e. The summed E-state index contributed by atoms with van der Waals surface area (Å²) >= 11 is 7.17. The van der Waals surface area contributed by atoms with E-state index in [0.717, 1.165) is 11.1 Å². The lowest BCUT2D eigenvalue weighted by Gasteiger charge is -2.05. The van der Waals surface area contributed by atoms with E-state index < -0.39 is 5.82 Å². The van der Waals surface area contributed by atoms with Gasteiger partial charge in [-0.3, -0.25) is 0 Å². The number of nitrogens with one attached hydrogen (secondary N) is 1. The van der Waals surface area contributed by atoms with E-state index in [1.807, 2.05) is 18.2 Å². The number of rotatable bonds is 3. The van der Waals surface area contributed by atoms with Crippen LogP contribution < -0.4 is 5.32 Å². The molecular weight excluding hydrogens is 261 g/mol. The van der Waals surface area contributed by atoms with Gasteiger partial charge >= 0.3 is 0 Å². The van der Waals surface area contributed by atoms with Gasteiger partial charge in [-0.1, -0.05) is 35.5 Å². The average Bonchev–Trinajstić information content (AvgIpc) is 2.35. The second kappa shape index (κ2) is 5.33. The Bertz CT molecular complexity index is 536. The van der Waals surface area contributed by atoms with Crippen molar-refractivity contribution in [2.75, 3.05) is 12.4 Å². The van der Waals surface area contributed by atoms with Gasteiger partial charge in [0.25, 0.3) is 0 Å². The lowest BCUT2D eigenvalue weighted by atomic mass is 10.4. The van der Waals surface area contributed by atoms with Crippen LogP contribution in [0.1, 0.15) is 0 Å². The van der Waals surface area contributed by atoms with E-state index in [0.29, 0.717) is 11.0 Å². The molecule has 0 aliphatic carbocycles. The molecule has 0 radical (unpaired) electrons. The largest absolute Gasteiger partial charge is 0.357 e. The maximum Gasteiger partial charge on any atom is 0.223 e. The lowest BCUT2D eigenvalue weighted by molar-refractivity contribution is 0.580. The highest BCUT2D eigenvalue weighted by atomic mass is 35.5. The van der Waals surface area contributed by atoms with E-state index in [9.17, 15) is 4.39 Å². The molecule has 6 heteroatoms. The maximum atomic E-state index is 13.5. The van der Waals surface area contributed by atoms with Gasteiger partial charge in [0.1, 0.15) is 5.03 Å². The molecule has 0 aliphatic rings. The zero-order chi connectivity index (χ0) is 12.3. The van der Waals surface area contributed by atoms with Gasteiger partial charge < -0.3 is 5.32 Å². The van der Waals surface area contributed by atoms with Crippen molar-refractivity contribution in [1.82, 2.24) is 9.97 Å². The fraction of sp³-hybridized carbons (Fsp3) is 0.0909. The van der Waals surface area contributed by atoms with Crippen LogP contribution in [0.4, 0.5) is 10.3 Å². The minimum atomic E-state index is -0.464. The van der Waals surface area contributed by atoms with Gasteiger partial charge in [0.05, 0.1) is 11.2 Å². The van der Waals surface area contributed by atoms with Crippen LogP contribution in [0.2, 0.25) is 5.02 Å². The van der Waals surface area contributed by atoms with Gasteiger partial charge in [-0.05, 0) is 12.1 Å². The number of nitrogens with zero attached hydrogens (tertiary/aromatic N) is 2. The first-order valence-electron chi connectivity index (χ1n) is 4.83. The Morgan fingerprint density at radius 1 is 1.35 bits per heavy atom. The predicted octanol–water partition coefficient (Wildman–Crippen LogP) is 3.46. The lowest BCUT2D eigenvalue weighted by Crippen LogP contribution is -1.98. The third-order valence-corrected chi connectivity index (χ3v) is 3.48. The summed E-state index contributed by atoms with van der Waals surface area (Å²) in [6, 6.07) is 7.23. The SMILES string of the molecule is CNc1ncc(F)c(Sc2ccccc2Cl)n1. The van der Waals surface area contributed by atoms with Crippen molar-refractivity contribution in [3.8, 4) is 0 Å². The van der Waals surface area contributed by atoms with Crippen molar-refractivity contribution < 1.29 is 4.39 Å². The summed E-state index contributed by atoms with van der Waals surface area (Å²) < 4.78 is 13.5. The Morgan fingerprint density at radius 3 is 2.82 bits per heavy atom. The highest BCUT2D eigenvalue weighted by Gasteiger charge is 2.10. The molecule has 0 saturated carbocycles. The van der Waals surface area contributed by atoms with Crippen LogP contribution in [0, 0.1) is 5.82 Å². The van der Waals surface area contributed by atoms with E-state index in [1.54, 1.807) is 13.1 Å². The van der Waals surface area contributed by atoms with Gasteiger partial charge in [-0.15, -0.1) is 0 Å². The number of benzene rings is 1. The molecule has 0 unspecified atom stereocenters. The summed E-state index contributed by atoms with van der Waals surface area (Å²) in [6.45, 7) is 0. The minimum Gasteiger partial charge on any atom is -0.357 e. The van der Waals surface area contributed by atoms with Crippen molar-refractivity contribution >= 4 is 29.3 Å². The Balaban J connectivity index is 2.32. The number of anilines is 1. The first-order chi connectivity index (χ1) is 8.20. The number of aromatic nitrogens is 2. The molecule has 0 atom stereocenters. The molecule has 88 valence electrons. The highest BCUT2D eigenvalue weighted by molar-refractivity contribution is 7.99. The summed E-state index contributed by atoms with van der Waals surface area (Å²) in [4.78, 5) is 8.57. The standard InChI is InChI=1S/C11H9ClFN3S/c1-14-11-15-6-8(13)10(16-11)17-9-5-3-2-4-7(9)12/h2-6H,1H3,(H,14,15,16). The first-order valence-corrected chi connectivity index (χ1v) is 6.03. The van der Waals surface area contributed by atoms with E-state index in [-0.39, 0.29) is 5.03 Å². The quantitative estimate of drug-likeness (QED) is 0.866. The number of hydrogen-bond donors (Lipinski definition) is 1. The fourth-order valence-electron chi connectivity index (χ4n) is 1.18. The average molecular weight is 270 g/mol. The maximum absolute atomic E-state index is 13.5. The van der Waals surface area contributed by atoms with Crippen molar-refractivity contribution in [2.24, 2.45) is 0 Å². The van der Waals surface area contributed by atoms with Crippen molar-refractivity contribution in [3.63, 3.8) is 0 Å². The molecule has 1 heterocycles. The van der Waals surface area contributed by atoms with Gasteiger partial charge in [0, 0.05) is 11.9 Å². The Labute approximate surface area is 107 Å². The predicted molar refractivity (Wildman–Crippen MR) is 67.1 cm³/mol. The second-order valence-corrected chi connectivity index (χ2v) is 4.57. The molecule has 0 aliphatic heterocycles. The molecule has 1 aromatic carbocycles. The molecule has 2 rings (SSSR count). The van der Waals surface area contributed by atoms with Crippen LogP contribution in [0.5, 0.6) is 0 Å². The third kappa shape index (κ3) is 2.87. The molecule has 1 N–H and O–H groups in total. The summed E-state index contributed by atoms with van der Waals surface area (Å²) in [5.74, 6) is -0.0881. The monoisotopic (exact) mass is 269 g/mol. The Morgan fingerprint density at radius 2 is 2.12 bits per heavy atom. The first kappa shape index (κ1) is 12.1. The van der Waals surface area contributed by atoms with E-state index in [1.165, 1.54) is 11.8 Å². The van der Waals surface area contributed by atoms with Crippen LogP contribution in [0.15, 0.2) is 40.4 Å². The van der Waals surface area contributed by atoms with Gasteiger partial charge in [-0.2, -0.15) is 0 Å². The van der Waals surface area contributed by atoms with Crippen LogP contribution in [0.3, 0.4) is 0 Å². The Hall–Kier alpha value is -1.33. The molecule has 0 amide bonds. The molecule has 3 nitrogen and oxygen atoms in total. The third-order valence-electron chi connectivity index (χ3n) is 1.98. The number of hydrogen-bond acceptors (Lipinski definition) is 4. The zero-order valence-electron chi connectivity index (χ0n) is 8.95. The number of halogens is 2. The molecule has 17 heavy (non-hydrogen) atoms. The summed E-state index contributed by atoms with van der Waals surface area (Å²) in [7, 11) is 1.68. The van der Waals surface area contributed by atoms with Gasteiger partial charge in [0.2, 0.25) is 5.95 Å². The van der Waals surface area contributed by atoms with Crippen molar-refractivity contribution in [3.05, 3.63) is 41.3 Å². The van der Waals surface area contributed by atoms with Crippen LogP contribution in [0.25, 0.3) is 0 Å². The topological polar surface area (TPSA) is 37.8 Å². The van der Waals surface area contributed by atoms with Gasteiger partial charge in [-0.25, -0.2) is 14.4 Å². The summed E-state index contributed by atoms with van der Waals surface area (Å²) in [6.07, 6.45) is 1.14. The minimum absolute atomic E-state index is 0.248. The molecule has 0 saturated heterocycles. The molecule has 0 fully saturated rings. The molecule has 2 aromatic rings. The Kier molecular flexibility index (Phi) is 3.81. The van der Waals surface area contributed by atoms with Crippen LogP contribution >= 0.6 is 23.4 Å². The normalized spacial score (nSPS) is 10.3. The summed E-state index contributed by atoms with van der Waals surface area (Å²) in [5.41, 5.74) is 0. The molecule has 1 aromatic heterocycles. The molecular formula is C11H9ClFN3S. The highest BCUT2D eigenvalue weighted by Crippen LogP contribution is 2.33. The van der Waals surface area contributed by atoms with Crippen molar-refractivity contribution in [2.45, 2.75) is 9.92 Å². The fourth-order valence-corrected chi connectivity index (χ4v) is 2.23. The van der Waals surface area contributed by atoms with Crippen LogP contribution in [-0.2, 0) is 0 Å². The molecule has 0 spiro atoms. The molecule has 0 bridgehead atoms. The van der Waals surface area contributed by atoms with Gasteiger partial charge in [0.15, 0.2) is 5.82 Å². The second-order valence-electron chi connectivity index (χ2n) is 3.13. The van der Waals surface area contributed by atoms with E-state index in [2.05, 4.69) is 15.3 Å². The van der Waals surface area contributed by atoms with E-state index >= 15 is 0 Å². The van der Waals surface area contributed by atoms with E-state index in [4.69, 9.17) is 11.6 Å². The summed E-state index contributed by atoms with van der Waals surface area (Å²) in [5, 5.41) is 3.58. The van der Waals surface area contributed by atoms with Crippen LogP contribution in [-0.4, -0.2) is 17.0 Å². The van der Waals surface area contributed by atoms with Crippen molar-refractivity contribution in [1.29, 1.82) is 0 Å².